The highest BCUT2D eigenvalue weighted by Gasteiger charge is 2.25. The molecule has 1 fully saturated rings. The quantitative estimate of drug-likeness (QED) is 0.599. The third-order valence-corrected chi connectivity index (χ3v) is 5.34. The lowest BCUT2D eigenvalue weighted by Crippen LogP contribution is -2.50. The summed E-state index contributed by atoms with van der Waals surface area (Å²) in [5.74, 6) is 1.11. The molecule has 1 aromatic carbocycles. The molecule has 1 heterocycles. The van der Waals surface area contributed by atoms with Crippen molar-refractivity contribution >= 4 is 17.6 Å². The monoisotopic (exact) mass is 386 g/mol. The van der Waals surface area contributed by atoms with Gasteiger partial charge in [0.15, 0.2) is 0 Å². The highest BCUT2D eigenvalue weighted by molar-refractivity contribution is 5.95. The van der Waals surface area contributed by atoms with E-state index in [0.29, 0.717) is 36.3 Å². The molecule has 0 aromatic heterocycles. The Balaban J connectivity index is 1.83. The van der Waals surface area contributed by atoms with Crippen LogP contribution in [0.5, 0.6) is 0 Å². The number of rotatable bonds is 8. The van der Waals surface area contributed by atoms with Crippen molar-refractivity contribution in [2.24, 2.45) is 11.8 Å². The zero-order valence-corrected chi connectivity index (χ0v) is 17.3. The number of benzene rings is 1. The van der Waals surface area contributed by atoms with E-state index in [9.17, 15) is 9.59 Å². The topological polar surface area (TPSA) is 73.5 Å². The molecule has 1 aliphatic rings. The zero-order valence-electron chi connectivity index (χ0n) is 17.3. The summed E-state index contributed by atoms with van der Waals surface area (Å²) >= 11 is 0. The number of hydrogen-bond donors (Lipinski definition) is 3. The summed E-state index contributed by atoms with van der Waals surface area (Å²) in [6.45, 7) is 13.5. The van der Waals surface area contributed by atoms with Crippen LogP contribution in [-0.4, -0.2) is 49.1 Å². The van der Waals surface area contributed by atoms with Crippen molar-refractivity contribution in [1.82, 2.24) is 15.5 Å². The Morgan fingerprint density at radius 3 is 2.39 bits per heavy atom. The molecule has 1 aliphatic heterocycles. The molecule has 1 unspecified atom stereocenters. The van der Waals surface area contributed by atoms with E-state index in [-0.39, 0.29) is 11.9 Å². The molecule has 6 nitrogen and oxygen atoms in total. The zero-order chi connectivity index (χ0) is 20.5. The van der Waals surface area contributed by atoms with E-state index in [2.05, 4.69) is 48.2 Å². The number of anilines is 1. The second-order valence-corrected chi connectivity index (χ2v) is 7.94. The number of nitrogens with zero attached hydrogens (tertiary/aromatic N) is 1. The van der Waals surface area contributed by atoms with Crippen molar-refractivity contribution in [3.63, 3.8) is 0 Å². The molecule has 0 saturated carbocycles. The Hall–Kier alpha value is -2.34. The number of carbonyl (C=O) groups is 2. The fourth-order valence-electron chi connectivity index (χ4n) is 3.49. The molecule has 0 aliphatic carbocycles. The second kappa shape index (κ2) is 10.9. The Kier molecular flexibility index (Phi) is 8.51. The normalized spacial score (nSPS) is 16.4. The van der Waals surface area contributed by atoms with Crippen LogP contribution >= 0.6 is 0 Å². The van der Waals surface area contributed by atoms with Crippen LogP contribution in [0.2, 0.25) is 0 Å². The van der Waals surface area contributed by atoms with Crippen LogP contribution in [0.3, 0.4) is 0 Å². The van der Waals surface area contributed by atoms with Gasteiger partial charge in [0.25, 0.3) is 5.91 Å². The van der Waals surface area contributed by atoms with Gasteiger partial charge in [0, 0.05) is 30.4 Å². The predicted molar refractivity (Wildman–Crippen MR) is 115 cm³/mol. The predicted octanol–water partition coefficient (Wildman–Crippen LogP) is 3.48. The van der Waals surface area contributed by atoms with E-state index >= 15 is 0 Å². The number of urea groups is 1. The molecular formula is C22H34N4O2. The van der Waals surface area contributed by atoms with Gasteiger partial charge in [-0.1, -0.05) is 26.8 Å². The van der Waals surface area contributed by atoms with Gasteiger partial charge in [-0.15, -0.1) is 6.58 Å². The molecule has 6 heteroatoms. The maximum Gasteiger partial charge on any atom is 0.319 e. The lowest BCUT2D eigenvalue weighted by atomic mass is 9.94. The van der Waals surface area contributed by atoms with Crippen LogP contribution in [0.1, 0.15) is 44.0 Å². The maximum atomic E-state index is 12.3. The van der Waals surface area contributed by atoms with Crippen molar-refractivity contribution in [3.8, 4) is 0 Å². The molecule has 2 rings (SSSR count). The largest absolute Gasteiger partial charge is 0.349 e. The lowest BCUT2D eigenvalue weighted by Gasteiger charge is -2.38. The van der Waals surface area contributed by atoms with Gasteiger partial charge in [0.05, 0.1) is 0 Å². The SMILES string of the molecule is C=CCNC(=O)c1ccc(NC(=O)NCC(C(C)C)N2CCC(C)CC2)cc1. The molecule has 3 amide bonds. The van der Waals surface area contributed by atoms with Crippen LogP contribution in [-0.2, 0) is 0 Å². The van der Waals surface area contributed by atoms with E-state index in [1.54, 1.807) is 30.3 Å². The van der Waals surface area contributed by atoms with E-state index in [1.807, 2.05) is 0 Å². The summed E-state index contributed by atoms with van der Waals surface area (Å²) in [6, 6.07) is 6.97. The number of piperidine rings is 1. The first-order chi connectivity index (χ1) is 13.4. The summed E-state index contributed by atoms with van der Waals surface area (Å²) in [4.78, 5) is 26.7. The van der Waals surface area contributed by atoms with Crippen LogP contribution in [0.15, 0.2) is 36.9 Å². The van der Waals surface area contributed by atoms with Gasteiger partial charge >= 0.3 is 6.03 Å². The number of nitrogens with one attached hydrogen (secondary N) is 3. The standard InChI is InChI=1S/C22H34N4O2/c1-5-12-23-21(27)18-6-8-19(9-7-18)25-22(28)24-15-20(16(2)3)26-13-10-17(4)11-14-26/h5-9,16-17,20H,1,10-15H2,2-4H3,(H,23,27)(H2,24,25,28). The molecule has 154 valence electrons. The summed E-state index contributed by atoms with van der Waals surface area (Å²) in [5, 5.41) is 8.57. The van der Waals surface area contributed by atoms with Crippen molar-refractivity contribution in [1.29, 1.82) is 0 Å². The van der Waals surface area contributed by atoms with E-state index < -0.39 is 0 Å². The minimum atomic E-state index is -0.222. The van der Waals surface area contributed by atoms with Crippen LogP contribution in [0.4, 0.5) is 10.5 Å². The molecule has 0 radical (unpaired) electrons. The van der Waals surface area contributed by atoms with Crippen molar-refractivity contribution in [2.75, 3.05) is 31.5 Å². The first kappa shape index (κ1) is 22.0. The first-order valence-electron chi connectivity index (χ1n) is 10.2. The third-order valence-electron chi connectivity index (χ3n) is 5.34. The smallest absolute Gasteiger partial charge is 0.319 e. The Labute approximate surface area is 168 Å². The van der Waals surface area contributed by atoms with Crippen molar-refractivity contribution in [2.45, 2.75) is 39.7 Å². The molecule has 28 heavy (non-hydrogen) atoms. The number of carbonyl (C=O) groups excluding carboxylic acids is 2. The van der Waals surface area contributed by atoms with E-state index in [0.717, 1.165) is 19.0 Å². The summed E-state index contributed by atoms with van der Waals surface area (Å²) in [6.07, 6.45) is 4.08. The summed E-state index contributed by atoms with van der Waals surface area (Å²) in [7, 11) is 0. The van der Waals surface area contributed by atoms with Gasteiger partial charge in [-0.2, -0.15) is 0 Å². The Morgan fingerprint density at radius 2 is 1.82 bits per heavy atom. The maximum absolute atomic E-state index is 12.3. The number of likely N-dealkylation sites (tertiary alicyclic amines) is 1. The Morgan fingerprint density at radius 1 is 1.18 bits per heavy atom. The number of amides is 3. The Bertz CT molecular complexity index is 649. The lowest BCUT2D eigenvalue weighted by molar-refractivity contribution is 0.0958. The second-order valence-electron chi connectivity index (χ2n) is 7.94. The van der Waals surface area contributed by atoms with E-state index in [4.69, 9.17) is 0 Å². The highest BCUT2D eigenvalue weighted by atomic mass is 16.2. The van der Waals surface area contributed by atoms with Gasteiger partial charge in [-0.3, -0.25) is 9.69 Å². The molecule has 0 spiro atoms. The molecule has 3 N–H and O–H groups in total. The van der Waals surface area contributed by atoms with Gasteiger partial charge in [-0.05, 0) is 62.0 Å². The summed E-state index contributed by atoms with van der Waals surface area (Å²) < 4.78 is 0. The van der Waals surface area contributed by atoms with Crippen molar-refractivity contribution < 1.29 is 9.59 Å². The molecule has 0 bridgehead atoms. The van der Waals surface area contributed by atoms with E-state index in [1.165, 1.54) is 12.8 Å². The van der Waals surface area contributed by atoms with Gasteiger partial charge < -0.3 is 16.0 Å². The minimum Gasteiger partial charge on any atom is -0.349 e. The van der Waals surface area contributed by atoms with Crippen molar-refractivity contribution in [3.05, 3.63) is 42.5 Å². The van der Waals surface area contributed by atoms with Crippen LogP contribution < -0.4 is 16.0 Å². The van der Waals surface area contributed by atoms with Gasteiger partial charge in [-0.25, -0.2) is 4.79 Å². The first-order valence-corrected chi connectivity index (χ1v) is 10.2. The van der Waals surface area contributed by atoms with Crippen LogP contribution in [0, 0.1) is 11.8 Å². The highest BCUT2D eigenvalue weighted by Crippen LogP contribution is 2.21. The summed E-state index contributed by atoms with van der Waals surface area (Å²) in [5.41, 5.74) is 1.21. The minimum absolute atomic E-state index is 0.161. The molecular weight excluding hydrogens is 352 g/mol. The fraction of sp³-hybridized carbons (Fsp3) is 0.545. The third kappa shape index (κ3) is 6.68. The van der Waals surface area contributed by atoms with Gasteiger partial charge in [0.1, 0.15) is 0 Å². The molecule has 1 aromatic rings. The fourth-order valence-corrected chi connectivity index (χ4v) is 3.49. The average molecular weight is 387 g/mol. The van der Waals surface area contributed by atoms with Crippen LogP contribution in [0.25, 0.3) is 0 Å². The molecule has 1 atom stereocenters. The number of hydrogen-bond acceptors (Lipinski definition) is 3. The average Bonchev–Trinajstić information content (AvgIpc) is 2.68. The molecule has 1 saturated heterocycles. The van der Waals surface area contributed by atoms with Gasteiger partial charge in [0.2, 0.25) is 0 Å².